The van der Waals surface area contributed by atoms with E-state index in [9.17, 15) is 4.79 Å². The summed E-state index contributed by atoms with van der Waals surface area (Å²) in [5.74, 6) is 2.00. The van der Waals surface area contributed by atoms with Crippen LogP contribution in [0.25, 0.3) is 38.6 Å². The molecule has 3 aromatic heterocycles. The van der Waals surface area contributed by atoms with Crippen LogP contribution in [0.1, 0.15) is 5.69 Å². The van der Waals surface area contributed by atoms with E-state index in [1.165, 1.54) is 6.33 Å². The van der Waals surface area contributed by atoms with Crippen LogP contribution in [0, 0.1) is 12.3 Å². The number of nitrogen functional groups attached to an aromatic ring is 1. The Balaban J connectivity index is 1.77. The number of hydrogen-bond donors (Lipinski definition) is 2. The number of nitrogens with two attached hydrogens (primary N) is 1. The van der Waals surface area contributed by atoms with Gasteiger partial charge >= 0.3 is 0 Å². The Hall–Kier alpha value is -4.18. The quantitative estimate of drug-likeness (QED) is 0.520. The van der Waals surface area contributed by atoms with E-state index < -0.39 is 5.91 Å². The number of nitrogens with zero attached hydrogens (tertiary/aromatic N) is 4. The second-order valence-electron chi connectivity index (χ2n) is 6.90. The van der Waals surface area contributed by atoms with E-state index in [2.05, 4.69) is 38.8 Å². The number of aromatic nitrogens is 4. The summed E-state index contributed by atoms with van der Waals surface area (Å²) in [6.45, 7) is 4.69. The Morgan fingerprint density at radius 3 is 2.97 bits per heavy atom. The summed E-state index contributed by atoms with van der Waals surface area (Å²) < 4.78 is 2.00. The summed E-state index contributed by atoms with van der Waals surface area (Å²) in [5, 5.41) is 4.57. The molecule has 0 saturated carbocycles. The highest BCUT2D eigenvalue weighted by atomic mass is 16.1. The fraction of sp³-hybridized carbons (Fsp3) is 0.0909. The van der Waals surface area contributed by atoms with Crippen LogP contribution in [-0.2, 0) is 11.3 Å². The van der Waals surface area contributed by atoms with Gasteiger partial charge < -0.3 is 15.6 Å². The van der Waals surface area contributed by atoms with Gasteiger partial charge in [0.15, 0.2) is 0 Å². The van der Waals surface area contributed by atoms with Crippen molar-refractivity contribution in [1.82, 2.24) is 24.8 Å². The van der Waals surface area contributed by atoms with Gasteiger partial charge in [0.05, 0.1) is 22.6 Å². The number of amides is 1. The predicted molar refractivity (Wildman–Crippen MR) is 112 cm³/mol. The van der Waals surface area contributed by atoms with Gasteiger partial charge in [-0.15, -0.1) is 6.42 Å². The molecule has 0 aliphatic carbocycles. The summed E-state index contributed by atoms with van der Waals surface area (Å²) in [6, 6.07) is 9.63. The minimum Gasteiger partial charge on any atom is -0.383 e. The highest BCUT2D eigenvalue weighted by molar-refractivity contribution is 6.08. The van der Waals surface area contributed by atoms with E-state index in [1.54, 1.807) is 0 Å². The molecule has 0 radical (unpaired) electrons. The van der Waals surface area contributed by atoms with Crippen LogP contribution in [0.2, 0.25) is 0 Å². The smallest absolute Gasteiger partial charge is 0.296 e. The standard InChI is InChI=1S/C22H16N6O/c1-3-17(29)27-16-10-28-20(12(16)2)18(19-21(23)25-11-26-22(19)28)14-8-13-6-4-5-7-15(13)24-9-14/h1,4-9,11,16H,2,10H2,(H,27,29)(H2,23,25,26). The molecule has 1 aliphatic rings. The molecule has 5 rings (SSSR count). The van der Waals surface area contributed by atoms with Crippen LogP contribution in [0.5, 0.6) is 0 Å². The van der Waals surface area contributed by atoms with Crippen LogP contribution in [0.3, 0.4) is 0 Å². The van der Waals surface area contributed by atoms with E-state index in [0.717, 1.165) is 38.7 Å². The number of nitrogens with one attached hydrogen (secondary N) is 1. The number of benzene rings is 1. The minimum absolute atomic E-state index is 0.318. The fourth-order valence-electron chi connectivity index (χ4n) is 3.98. The van der Waals surface area contributed by atoms with Crippen LogP contribution in [-0.4, -0.2) is 31.5 Å². The molecule has 4 aromatic rings. The maximum Gasteiger partial charge on any atom is 0.296 e. The average Bonchev–Trinajstić information content (AvgIpc) is 3.23. The summed E-state index contributed by atoms with van der Waals surface area (Å²) in [5.41, 5.74) is 11.2. The molecular formula is C22H16N6O. The third kappa shape index (κ3) is 2.47. The van der Waals surface area contributed by atoms with Crippen LogP contribution >= 0.6 is 0 Å². The van der Waals surface area contributed by atoms with Crippen molar-refractivity contribution in [3.05, 3.63) is 55.1 Å². The monoisotopic (exact) mass is 380 g/mol. The number of anilines is 1. The Labute approximate surface area is 166 Å². The summed E-state index contributed by atoms with van der Waals surface area (Å²) >= 11 is 0. The SMILES string of the molecule is C#CC(=O)NC1Cn2c(c(-c3cnc4ccccc4c3)c3c(N)ncnc32)C1=C. The third-order valence-corrected chi connectivity index (χ3v) is 5.27. The molecule has 140 valence electrons. The average molecular weight is 380 g/mol. The summed E-state index contributed by atoms with van der Waals surface area (Å²) in [4.78, 5) is 25.0. The van der Waals surface area contributed by atoms with E-state index in [-0.39, 0.29) is 6.04 Å². The van der Waals surface area contributed by atoms with Crippen molar-refractivity contribution in [3.8, 4) is 23.5 Å². The number of terminal acetylenes is 1. The fourth-order valence-corrected chi connectivity index (χ4v) is 3.98. The molecule has 3 N–H and O–H groups in total. The lowest BCUT2D eigenvalue weighted by Crippen LogP contribution is -2.34. The number of rotatable bonds is 2. The minimum atomic E-state index is -0.478. The van der Waals surface area contributed by atoms with Gasteiger partial charge in [-0.05, 0) is 23.6 Å². The molecule has 1 aliphatic heterocycles. The number of carbonyl (C=O) groups is 1. The van der Waals surface area contributed by atoms with Gasteiger partial charge in [-0.1, -0.05) is 24.8 Å². The Morgan fingerprint density at radius 1 is 1.31 bits per heavy atom. The Morgan fingerprint density at radius 2 is 2.14 bits per heavy atom. The van der Waals surface area contributed by atoms with Crippen molar-refractivity contribution in [3.63, 3.8) is 0 Å². The predicted octanol–water partition coefficient (Wildman–Crippen LogP) is 2.37. The second kappa shape index (κ2) is 6.17. The zero-order valence-electron chi connectivity index (χ0n) is 15.4. The van der Waals surface area contributed by atoms with Crippen molar-refractivity contribution in [1.29, 1.82) is 0 Å². The molecule has 0 bridgehead atoms. The molecular weight excluding hydrogens is 364 g/mol. The molecule has 0 saturated heterocycles. The summed E-state index contributed by atoms with van der Waals surface area (Å²) in [6.07, 6.45) is 8.46. The lowest BCUT2D eigenvalue weighted by atomic mass is 9.98. The second-order valence-corrected chi connectivity index (χ2v) is 6.90. The van der Waals surface area contributed by atoms with E-state index in [1.807, 2.05) is 35.0 Å². The van der Waals surface area contributed by atoms with Crippen molar-refractivity contribution in [2.75, 3.05) is 5.73 Å². The van der Waals surface area contributed by atoms with Gasteiger partial charge in [0.1, 0.15) is 17.8 Å². The molecule has 29 heavy (non-hydrogen) atoms. The highest BCUT2D eigenvalue weighted by Crippen LogP contribution is 2.43. The molecule has 1 amide bonds. The lowest BCUT2D eigenvalue weighted by molar-refractivity contribution is -0.116. The van der Waals surface area contributed by atoms with Gasteiger partial charge in [0, 0.05) is 29.3 Å². The molecule has 1 aromatic carbocycles. The number of pyridine rings is 1. The molecule has 4 heterocycles. The van der Waals surface area contributed by atoms with Crippen LogP contribution in [0.15, 0.2) is 49.4 Å². The van der Waals surface area contributed by atoms with Crippen molar-refractivity contribution < 1.29 is 4.79 Å². The van der Waals surface area contributed by atoms with Gasteiger partial charge in [-0.3, -0.25) is 9.78 Å². The first kappa shape index (κ1) is 17.0. The normalized spacial score (nSPS) is 15.4. The summed E-state index contributed by atoms with van der Waals surface area (Å²) in [7, 11) is 0. The Kier molecular flexibility index (Phi) is 3.61. The van der Waals surface area contributed by atoms with E-state index in [0.29, 0.717) is 18.0 Å². The highest BCUT2D eigenvalue weighted by Gasteiger charge is 2.34. The third-order valence-electron chi connectivity index (χ3n) is 5.27. The van der Waals surface area contributed by atoms with Gasteiger partial charge in [-0.25, -0.2) is 9.97 Å². The molecule has 7 heteroatoms. The largest absolute Gasteiger partial charge is 0.383 e. The number of hydrogen-bond acceptors (Lipinski definition) is 5. The first-order valence-corrected chi connectivity index (χ1v) is 9.02. The van der Waals surface area contributed by atoms with E-state index >= 15 is 0 Å². The first-order valence-electron chi connectivity index (χ1n) is 9.02. The van der Waals surface area contributed by atoms with Gasteiger partial charge in [-0.2, -0.15) is 0 Å². The molecule has 1 atom stereocenters. The maximum atomic E-state index is 11.8. The topological polar surface area (TPSA) is 98.7 Å². The zero-order valence-corrected chi connectivity index (χ0v) is 15.4. The maximum absolute atomic E-state index is 11.8. The Bertz CT molecular complexity index is 1380. The van der Waals surface area contributed by atoms with E-state index in [4.69, 9.17) is 12.2 Å². The van der Waals surface area contributed by atoms with Crippen LogP contribution in [0.4, 0.5) is 5.82 Å². The van der Waals surface area contributed by atoms with Crippen molar-refractivity contribution >= 4 is 39.2 Å². The van der Waals surface area contributed by atoms with Gasteiger partial charge in [0.2, 0.25) is 0 Å². The lowest BCUT2D eigenvalue weighted by Gasteiger charge is -2.13. The number of fused-ring (bicyclic) bond motifs is 4. The molecule has 1 unspecified atom stereocenters. The zero-order chi connectivity index (χ0) is 20.1. The number of para-hydroxylation sites is 1. The van der Waals surface area contributed by atoms with Crippen molar-refractivity contribution in [2.24, 2.45) is 0 Å². The number of carbonyl (C=O) groups excluding carboxylic acids is 1. The van der Waals surface area contributed by atoms with Gasteiger partial charge in [0.25, 0.3) is 5.91 Å². The molecule has 7 nitrogen and oxygen atoms in total. The van der Waals surface area contributed by atoms with Crippen LogP contribution < -0.4 is 11.1 Å². The molecule has 0 fully saturated rings. The van der Waals surface area contributed by atoms with Crippen molar-refractivity contribution in [2.45, 2.75) is 12.6 Å². The first-order chi connectivity index (χ1) is 14.1. The molecule has 0 spiro atoms.